The third-order valence-electron chi connectivity index (χ3n) is 5.69. The van der Waals surface area contributed by atoms with Crippen LogP contribution in [0.3, 0.4) is 0 Å². The topological polar surface area (TPSA) is 69.2 Å². The summed E-state index contributed by atoms with van der Waals surface area (Å²) in [6.07, 6.45) is 4.58. The molecule has 0 saturated carbocycles. The molecule has 0 radical (unpaired) electrons. The van der Waals surface area contributed by atoms with Crippen molar-refractivity contribution >= 4 is 10.1 Å². The number of alkyl halides is 3. The third-order valence-corrected chi connectivity index (χ3v) is 6.63. The van der Waals surface area contributed by atoms with E-state index in [-0.39, 0.29) is 11.2 Å². The van der Waals surface area contributed by atoms with Gasteiger partial charge in [0.15, 0.2) is 0 Å². The Kier molecular flexibility index (Phi) is 4.41. The van der Waals surface area contributed by atoms with Crippen molar-refractivity contribution in [3.63, 3.8) is 0 Å². The number of rotatable bonds is 2. The van der Waals surface area contributed by atoms with E-state index >= 15 is 0 Å². The Hall–Kier alpha value is -2.16. The molecule has 5 nitrogen and oxygen atoms in total. The molecule has 0 fully saturated rings. The van der Waals surface area contributed by atoms with E-state index in [1.807, 2.05) is 12.1 Å². The van der Waals surface area contributed by atoms with Crippen molar-refractivity contribution in [2.24, 2.45) is 0 Å². The van der Waals surface area contributed by atoms with Crippen LogP contribution < -0.4 is 4.18 Å². The van der Waals surface area contributed by atoms with E-state index in [0.717, 1.165) is 19.3 Å². The zero-order chi connectivity index (χ0) is 20.2. The molecule has 2 aliphatic rings. The van der Waals surface area contributed by atoms with Gasteiger partial charge in [-0.05, 0) is 56.6 Å². The summed E-state index contributed by atoms with van der Waals surface area (Å²) < 4.78 is 65.6. The van der Waals surface area contributed by atoms with Gasteiger partial charge in [0.05, 0.1) is 5.69 Å². The lowest BCUT2D eigenvalue weighted by Gasteiger charge is -2.42. The first-order valence-electron chi connectivity index (χ1n) is 9.07. The van der Waals surface area contributed by atoms with Crippen LogP contribution >= 0.6 is 0 Å². The average molecular weight is 412 g/mol. The van der Waals surface area contributed by atoms with E-state index in [0.29, 0.717) is 30.5 Å². The van der Waals surface area contributed by atoms with Gasteiger partial charge < -0.3 is 4.18 Å². The first-order valence-corrected chi connectivity index (χ1v) is 10.5. The zero-order valence-electron chi connectivity index (χ0n) is 15.2. The van der Waals surface area contributed by atoms with Crippen molar-refractivity contribution in [3.05, 3.63) is 52.5 Å². The Balaban J connectivity index is 1.75. The highest BCUT2D eigenvalue weighted by Gasteiger charge is 2.50. The van der Waals surface area contributed by atoms with Gasteiger partial charge in [-0.1, -0.05) is 24.3 Å². The van der Waals surface area contributed by atoms with E-state index in [1.165, 1.54) is 18.1 Å². The van der Waals surface area contributed by atoms with Crippen LogP contribution in [0.2, 0.25) is 0 Å². The molecule has 0 amide bonds. The van der Waals surface area contributed by atoms with E-state index in [2.05, 4.69) is 26.3 Å². The summed E-state index contributed by atoms with van der Waals surface area (Å²) in [5.74, 6) is -0.314. The minimum atomic E-state index is -5.77. The van der Waals surface area contributed by atoms with Crippen LogP contribution in [0, 0.1) is 6.92 Å². The molecular weight excluding hydrogens is 393 g/mol. The third kappa shape index (κ3) is 3.15. The Labute approximate surface area is 161 Å². The van der Waals surface area contributed by atoms with E-state index in [4.69, 9.17) is 0 Å². The number of aryl methyl sites for hydroxylation is 2. The summed E-state index contributed by atoms with van der Waals surface area (Å²) >= 11 is 0. The standard InChI is InChI=1S/C19H19F3N2O3S/c1-12-23-16-11-18(9-4-6-13-5-2-3-7-15(13)18)10-8-14(16)17(24-12)27-28(25,26)19(20,21)22/h2-3,5,7H,4,6,8-11H2,1H3. The fourth-order valence-corrected chi connectivity index (χ4v) is 4.91. The number of nitrogens with zero attached hydrogens (tertiary/aromatic N) is 2. The van der Waals surface area contributed by atoms with Crippen LogP contribution in [0.15, 0.2) is 24.3 Å². The van der Waals surface area contributed by atoms with Gasteiger partial charge in [-0.15, -0.1) is 0 Å². The lowest BCUT2D eigenvalue weighted by atomic mass is 9.62. The van der Waals surface area contributed by atoms with Crippen molar-refractivity contribution in [3.8, 4) is 5.88 Å². The maximum absolute atomic E-state index is 12.7. The first-order chi connectivity index (χ1) is 13.1. The molecular formula is C19H19F3N2O3S. The minimum Gasteiger partial charge on any atom is -0.355 e. The first kappa shape index (κ1) is 19.2. The highest BCUT2D eigenvalue weighted by atomic mass is 32.2. The monoisotopic (exact) mass is 412 g/mol. The van der Waals surface area contributed by atoms with Gasteiger partial charge in [-0.3, -0.25) is 0 Å². The summed E-state index contributed by atoms with van der Waals surface area (Å²) in [4.78, 5) is 8.27. The molecule has 28 heavy (non-hydrogen) atoms. The summed E-state index contributed by atoms with van der Waals surface area (Å²) in [7, 11) is -5.77. The molecule has 9 heteroatoms. The summed E-state index contributed by atoms with van der Waals surface area (Å²) in [5, 5.41) is 0. The molecule has 0 bridgehead atoms. The number of aromatic nitrogens is 2. The highest BCUT2D eigenvalue weighted by Crippen LogP contribution is 2.47. The molecule has 2 aliphatic carbocycles. The summed E-state index contributed by atoms with van der Waals surface area (Å²) in [6, 6.07) is 8.23. The second-order valence-electron chi connectivity index (χ2n) is 7.45. The van der Waals surface area contributed by atoms with Crippen LogP contribution in [-0.4, -0.2) is 23.9 Å². The zero-order valence-corrected chi connectivity index (χ0v) is 16.0. The lowest BCUT2D eigenvalue weighted by molar-refractivity contribution is -0.0501. The number of halogens is 3. The number of hydrogen-bond donors (Lipinski definition) is 0. The lowest BCUT2D eigenvalue weighted by Crippen LogP contribution is -2.38. The number of fused-ring (bicyclic) bond motifs is 3. The maximum Gasteiger partial charge on any atom is 0.534 e. The predicted octanol–water partition coefficient (Wildman–Crippen LogP) is 3.78. The van der Waals surface area contributed by atoms with Crippen molar-refractivity contribution in [1.82, 2.24) is 9.97 Å². The molecule has 0 saturated heterocycles. The summed E-state index contributed by atoms with van der Waals surface area (Å²) in [5.41, 5.74) is -2.16. The predicted molar refractivity (Wildman–Crippen MR) is 95.5 cm³/mol. The van der Waals surface area contributed by atoms with Crippen LogP contribution in [-0.2, 0) is 34.8 Å². The van der Waals surface area contributed by atoms with Gasteiger partial charge in [-0.25, -0.2) is 4.98 Å². The number of hydrogen-bond acceptors (Lipinski definition) is 5. The minimum absolute atomic E-state index is 0.136. The smallest absolute Gasteiger partial charge is 0.355 e. The van der Waals surface area contributed by atoms with Crippen molar-refractivity contribution in [2.45, 2.75) is 56.4 Å². The maximum atomic E-state index is 12.7. The van der Waals surface area contributed by atoms with Crippen molar-refractivity contribution in [1.29, 1.82) is 0 Å². The fourth-order valence-electron chi connectivity index (χ4n) is 4.47. The molecule has 0 aliphatic heterocycles. The molecule has 150 valence electrons. The molecule has 1 aromatic heterocycles. The van der Waals surface area contributed by atoms with Gasteiger partial charge in [0.1, 0.15) is 5.82 Å². The quantitative estimate of drug-likeness (QED) is 0.555. The molecule has 4 rings (SSSR count). The second kappa shape index (κ2) is 6.43. The molecule has 1 atom stereocenters. The normalized spacial score (nSPS) is 21.9. The van der Waals surface area contributed by atoms with Crippen LogP contribution in [0.4, 0.5) is 13.2 Å². The Morgan fingerprint density at radius 3 is 2.61 bits per heavy atom. The average Bonchev–Trinajstić information content (AvgIpc) is 2.60. The largest absolute Gasteiger partial charge is 0.534 e. The van der Waals surface area contributed by atoms with Crippen LogP contribution in [0.1, 0.15) is 47.5 Å². The van der Waals surface area contributed by atoms with Gasteiger partial charge >= 0.3 is 15.6 Å². The SMILES string of the molecule is Cc1nc2c(c(OS(=O)(=O)C(F)(F)F)n1)CCC1(CCCc3ccccc31)C2. The van der Waals surface area contributed by atoms with Crippen LogP contribution in [0.25, 0.3) is 0 Å². The van der Waals surface area contributed by atoms with Gasteiger partial charge in [-0.2, -0.15) is 26.6 Å². The molecule has 2 aromatic rings. The van der Waals surface area contributed by atoms with Crippen LogP contribution in [0.5, 0.6) is 5.88 Å². The molecule has 1 unspecified atom stereocenters. The fraction of sp³-hybridized carbons (Fsp3) is 0.474. The summed E-state index contributed by atoms with van der Waals surface area (Å²) in [6.45, 7) is 1.52. The van der Waals surface area contributed by atoms with E-state index < -0.39 is 21.5 Å². The van der Waals surface area contributed by atoms with Gasteiger partial charge in [0.2, 0.25) is 5.88 Å². The molecule has 1 spiro atoms. The Bertz CT molecular complexity index is 1040. The van der Waals surface area contributed by atoms with Gasteiger partial charge in [0, 0.05) is 11.0 Å². The van der Waals surface area contributed by atoms with Crippen molar-refractivity contribution < 1.29 is 25.8 Å². The second-order valence-corrected chi connectivity index (χ2v) is 8.99. The van der Waals surface area contributed by atoms with Crippen molar-refractivity contribution in [2.75, 3.05) is 0 Å². The van der Waals surface area contributed by atoms with Gasteiger partial charge in [0.25, 0.3) is 0 Å². The highest BCUT2D eigenvalue weighted by molar-refractivity contribution is 7.87. The molecule has 0 N–H and O–H groups in total. The Morgan fingerprint density at radius 2 is 1.86 bits per heavy atom. The molecule has 1 aromatic carbocycles. The van der Waals surface area contributed by atoms with E-state index in [9.17, 15) is 21.6 Å². The molecule has 1 heterocycles. The Morgan fingerprint density at radius 1 is 1.11 bits per heavy atom. The number of benzene rings is 1. The van der Waals surface area contributed by atoms with E-state index in [1.54, 1.807) is 0 Å².